The van der Waals surface area contributed by atoms with E-state index in [9.17, 15) is 19.5 Å². The molecular formula is C15H14N2O5. The van der Waals surface area contributed by atoms with Crippen molar-refractivity contribution in [3.63, 3.8) is 0 Å². The molecule has 0 spiro atoms. The molecule has 2 rings (SSSR count). The van der Waals surface area contributed by atoms with E-state index in [1.54, 1.807) is 29.6 Å². The number of imide groups is 1. The molecule has 1 atom stereocenters. The van der Waals surface area contributed by atoms with E-state index in [2.05, 4.69) is 0 Å². The van der Waals surface area contributed by atoms with Crippen LogP contribution in [0.4, 0.5) is 4.79 Å². The number of hydrogen-bond donors (Lipinski definition) is 3. The van der Waals surface area contributed by atoms with E-state index in [1.807, 2.05) is 0 Å². The number of nitrogens with one attached hydrogen (secondary N) is 1. The van der Waals surface area contributed by atoms with Crippen molar-refractivity contribution >= 4 is 28.7 Å². The number of phenolic OH excluding ortho intramolecular Hbond substituents is 1. The fraction of sp³-hybridized carbons (Fsp3) is 0.133. The molecule has 0 heterocycles. The van der Waals surface area contributed by atoms with Gasteiger partial charge in [0.1, 0.15) is 11.3 Å². The molecule has 3 amide bonds. The third kappa shape index (κ3) is 3.32. The summed E-state index contributed by atoms with van der Waals surface area (Å²) in [7, 11) is 0. The van der Waals surface area contributed by atoms with E-state index < -0.39 is 24.0 Å². The van der Waals surface area contributed by atoms with Crippen LogP contribution in [0.25, 0.3) is 10.8 Å². The summed E-state index contributed by atoms with van der Waals surface area (Å²) in [6, 6.07) is 9.00. The molecule has 0 aliphatic rings. The maximum Gasteiger partial charge on any atom is 0.342 e. The van der Waals surface area contributed by atoms with Crippen molar-refractivity contribution in [3.8, 4) is 5.75 Å². The van der Waals surface area contributed by atoms with Crippen LogP contribution in [0.1, 0.15) is 17.3 Å². The van der Waals surface area contributed by atoms with Crippen LogP contribution in [0.5, 0.6) is 5.75 Å². The number of rotatable bonds is 3. The highest BCUT2D eigenvalue weighted by atomic mass is 16.5. The predicted molar refractivity (Wildman–Crippen MR) is 78.2 cm³/mol. The Kier molecular flexibility index (Phi) is 4.26. The number of hydrogen-bond acceptors (Lipinski definition) is 5. The van der Waals surface area contributed by atoms with Crippen LogP contribution >= 0.6 is 0 Å². The van der Waals surface area contributed by atoms with Crippen molar-refractivity contribution in [1.82, 2.24) is 5.32 Å². The van der Waals surface area contributed by atoms with Crippen LogP contribution in [0.2, 0.25) is 0 Å². The van der Waals surface area contributed by atoms with Crippen molar-refractivity contribution in [2.45, 2.75) is 13.0 Å². The van der Waals surface area contributed by atoms with Crippen molar-refractivity contribution in [1.29, 1.82) is 0 Å². The summed E-state index contributed by atoms with van der Waals surface area (Å²) in [4.78, 5) is 34.1. The van der Waals surface area contributed by atoms with E-state index in [0.717, 1.165) is 10.8 Å². The van der Waals surface area contributed by atoms with Crippen LogP contribution in [0, 0.1) is 0 Å². The van der Waals surface area contributed by atoms with Crippen LogP contribution in [0.15, 0.2) is 36.4 Å². The molecule has 0 fully saturated rings. The number of primary amides is 1. The van der Waals surface area contributed by atoms with Gasteiger partial charge in [0.05, 0.1) is 0 Å². The summed E-state index contributed by atoms with van der Waals surface area (Å²) in [6.07, 6.45) is -1.23. The molecule has 7 heteroatoms. The highest BCUT2D eigenvalue weighted by Crippen LogP contribution is 2.25. The maximum absolute atomic E-state index is 12.0. The Hall–Kier alpha value is -3.09. The molecule has 2 aromatic carbocycles. The number of urea groups is 1. The Labute approximate surface area is 125 Å². The first-order chi connectivity index (χ1) is 10.4. The number of carbonyl (C=O) groups is 3. The van der Waals surface area contributed by atoms with Gasteiger partial charge in [-0.15, -0.1) is 0 Å². The lowest BCUT2D eigenvalue weighted by atomic mass is 10.1. The minimum Gasteiger partial charge on any atom is -0.507 e. The van der Waals surface area contributed by atoms with Gasteiger partial charge in [-0.1, -0.05) is 24.3 Å². The Morgan fingerprint density at radius 2 is 1.77 bits per heavy atom. The van der Waals surface area contributed by atoms with Crippen molar-refractivity contribution in [2.75, 3.05) is 0 Å². The van der Waals surface area contributed by atoms with Gasteiger partial charge in [0.25, 0.3) is 5.91 Å². The third-order valence-electron chi connectivity index (χ3n) is 2.98. The molecule has 0 saturated heterocycles. The summed E-state index contributed by atoms with van der Waals surface area (Å²) in [5.74, 6) is -1.98. The molecule has 0 aliphatic heterocycles. The number of ether oxygens (including phenoxy) is 1. The molecule has 0 aliphatic carbocycles. The van der Waals surface area contributed by atoms with Gasteiger partial charge in [-0.05, 0) is 29.8 Å². The zero-order chi connectivity index (χ0) is 16.3. The van der Waals surface area contributed by atoms with Crippen molar-refractivity contribution in [2.24, 2.45) is 5.73 Å². The number of aromatic hydroxyl groups is 1. The lowest BCUT2D eigenvalue weighted by Gasteiger charge is -2.13. The zero-order valence-corrected chi connectivity index (χ0v) is 11.7. The van der Waals surface area contributed by atoms with E-state index in [0.29, 0.717) is 0 Å². The second-order valence-electron chi connectivity index (χ2n) is 4.62. The van der Waals surface area contributed by atoms with Gasteiger partial charge in [0.15, 0.2) is 6.10 Å². The summed E-state index contributed by atoms with van der Waals surface area (Å²) in [5.41, 5.74) is 4.74. The van der Waals surface area contributed by atoms with Crippen molar-refractivity contribution in [3.05, 3.63) is 42.0 Å². The van der Waals surface area contributed by atoms with E-state index in [1.165, 1.54) is 19.1 Å². The van der Waals surface area contributed by atoms with Gasteiger partial charge < -0.3 is 15.6 Å². The average Bonchev–Trinajstić information content (AvgIpc) is 2.45. The smallest absolute Gasteiger partial charge is 0.342 e. The lowest BCUT2D eigenvalue weighted by molar-refractivity contribution is -0.127. The van der Waals surface area contributed by atoms with Gasteiger partial charge in [-0.3, -0.25) is 10.1 Å². The molecule has 0 saturated carbocycles. The molecule has 7 nitrogen and oxygen atoms in total. The molecule has 114 valence electrons. The molecule has 0 bridgehead atoms. The van der Waals surface area contributed by atoms with E-state index in [4.69, 9.17) is 10.5 Å². The van der Waals surface area contributed by atoms with E-state index >= 15 is 0 Å². The van der Waals surface area contributed by atoms with Gasteiger partial charge in [-0.2, -0.15) is 0 Å². The first-order valence-corrected chi connectivity index (χ1v) is 6.41. The Morgan fingerprint density at radius 3 is 2.36 bits per heavy atom. The summed E-state index contributed by atoms with van der Waals surface area (Å²) in [6.45, 7) is 1.29. The van der Waals surface area contributed by atoms with Crippen LogP contribution in [0.3, 0.4) is 0 Å². The SMILES string of the molecule is C[C@H](OC(=O)c1cc2ccccc2cc1O)C(=O)NC(N)=O. The second-order valence-corrected chi connectivity index (χ2v) is 4.62. The molecule has 4 N–H and O–H groups in total. The summed E-state index contributed by atoms with van der Waals surface area (Å²) >= 11 is 0. The molecule has 2 aromatic rings. The number of nitrogens with two attached hydrogens (primary N) is 1. The minimum atomic E-state index is -1.23. The number of phenols is 1. The standard InChI is InChI=1S/C15H14N2O5/c1-8(13(19)17-15(16)21)22-14(20)11-6-9-4-2-3-5-10(9)7-12(11)18/h2-8,18H,1H3,(H3,16,17,19,21)/t8-/m0/s1. The second kappa shape index (κ2) is 6.13. The first kappa shape index (κ1) is 15.3. The first-order valence-electron chi connectivity index (χ1n) is 6.41. The monoisotopic (exact) mass is 302 g/mol. The Balaban J connectivity index is 2.20. The van der Waals surface area contributed by atoms with Gasteiger partial charge in [0.2, 0.25) is 0 Å². The molecular weight excluding hydrogens is 288 g/mol. The number of carbonyl (C=O) groups excluding carboxylic acids is 3. The van der Waals surface area contributed by atoms with Gasteiger partial charge in [-0.25, -0.2) is 9.59 Å². The largest absolute Gasteiger partial charge is 0.507 e. The maximum atomic E-state index is 12.0. The van der Waals surface area contributed by atoms with E-state index in [-0.39, 0.29) is 11.3 Å². The summed E-state index contributed by atoms with van der Waals surface area (Å²) in [5, 5.41) is 13.2. The third-order valence-corrected chi connectivity index (χ3v) is 2.98. The number of amides is 3. The number of fused-ring (bicyclic) bond motifs is 1. The predicted octanol–water partition coefficient (Wildman–Crippen LogP) is 1.29. The molecule has 0 radical (unpaired) electrons. The molecule has 22 heavy (non-hydrogen) atoms. The minimum absolute atomic E-state index is 0.0718. The number of benzene rings is 2. The highest BCUT2D eigenvalue weighted by Gasteiger charge is 2.22. The molecule has 0 aromatic heterocycles. The Morgan fingerprint density at radius 1 is 1.18 bits per heavy atom. The molecule has 0 unspecified atom stereocenters. The average molecular weight is 302 g/mol. The van der Waals surface area contributed by atoms with Gasteiger partial charge >= 0.3 is 12.0 Å². The topological polar surface area (TPSA) is 119 Å². The van der Waals surface area contributed by atoms with Crippen LogP contribution in [-0.4, -0.2) is 29.1 Å². The fourth-order valence-electron chi connectivity index (χ4n) is 1.89. The van der Waals surface area contributed by atoms with Crippen LogP contribution < -0.4 is 11.1 Å². The fourth-order valence-corrected chi connectivity index (χ4v) is 1.89. The normalized spacial score (nSPS) is 11.7. The highest BCUT2D eigenvalue weighted by molar-refractivity contribution is 6.01. The lowest BCUT2D eigenvalue weighted by Crippen LogP contribution is -2.42. The summed E-state index contributed by atoms with van der Waals surface area (Å²) < 4.78 is 4.91. The van der Waals surface area contributed by atoms with Crippen LogP contribution in [-0.2, 0) is 9.53 Å². The zero-order valence-electron chi connectivity index (χ0n) is 11.7. The quantitative estimate of drug-likeness (QED) is 0.738. The number of esters is 1. The van der Waals surface area contributed by atoms with Gasteiger partial charge in [0, 0.05) is 0 Å². The Bertz CT molecular complexity index is 757. The van der Waals surface area contributed by atoms with Crippen molar-refractivity contribution < 1.29 is 24.2 Å².